The van der Waals surface area contributed by atoms with Crippen molar-refractivity contribution in [2.75, 3.05) is 13.7 Å². The highest BCUT2D eigenvalue weighted by Crippen LogP contribution is 2.27. The molecule has 0 bridgehead atoms. The van der Waals surface area contributed by atoms with Crippen molar-refractivity contribution in [3.8, 4) is 11.5 Å². The second-order valence-electron chi connectivity index (χ2n) is 8.96. The number of hydrogen-bond acceptors (Lipinski definition) is 7. The summed E-state index contributed by atoms with van der Waals surface area (Å²) in [4.78, 5) is 29.7. The highest BCUT2D eigenvalue weighted by Gasteiger charge is 2.29. The van der Waals surface area contributed by atoms with Crippen LogP contribution in [0, 0.1) is 5.92 Å². The van der Waals surface area contributed by atoms with E-state index < -0.39 is 24.0 Å². The van der Waals surface area contributed by atoms with Crippen molar-refractivity contribution in [1.29, 1.82) is 0 Å². The molecule has 192 valence electrons. The first-order chi connectivity index (χ1) is 16.8. The molecule has 1 aromatic heterocycles. The van der Waals surface area contributed by atoms with E-state index in [0.717, 1.165) is 6.42 Å². The van der Waals surface area contributed by atoms with Crippen LogP contribution < -0.4 is 10.1 Å². The number of esters is 1. The second kappa shape index (κ2) is 14.3. The van der Waals surface area contributed by atoms with Gasteiger partial charge in [-0.15, -0.1) is 0 Å². The summed E-state index contributed by atoms with van der Waals surface area (Å²) in [6.07, 6.45) is 3.06. The van der Waals surface area contributed by atoms with Gasteiger partial charge in [-0.2, -0.15) is 0 Å². The molecule has 1 amide bonds. The van der Waals surface area contributed by atoms with E-state index in [0.29, 0.717) is 31.8 Å². The predicted octanol–water partition coefficient (Wildman–Crippen LogP) is 4.30. The van der Waals surface area contributed by atoms with Gasteiger partial charge in [0, 0.05) is 18.9 Å². The predicted molar refractivity (Wildman–Crippen MR) is 134 cm³/mol. The molecular formula is C27H38N2O6. The number of nitrogens with zero attached hydrogens (tertiary/aromatic N) is 1. The monoisotopic (exact) mass is 486 g/mol. The third-order valence-corrected chi connectivity index (χ3v) is 5.52. The lowest BCUT2D eigenvalue weighted by Gasteiger charge is -2.27. The molecule has 0 aliphatic carbocycles. The zero-order valence-electron chi connectivity index (χ0n) is 21.3. The maximum Gasteiger partial charge on any atom is 0.329 e. The van der Waals surface area contributed by atoms with Crippen LogP contribution in [0.15, 0.2) is 42.6 Å². The zero-order valence-corrected chi connectivity index (χ0v) is 21.3. The molecule has 0 aliphatic heterocycles. The Balaban J connectivity index is 2.07. The van der Waals surface area contributed by atoms with E-state index in [4.69, 9.17) is 14.2 Å². The minimum atomic E-state index is -0.887. The standard InChI is InChI=1S/C27H38N2O6/c1-6-10-21(29-26(31)24-25(30)23(33-5)15-16-28-24)27(32)35-19(4)22(34-17-18(2)3)14-13-20-11-8-7-9-12-20/h7-9,11-12,15-16,18-19,21-22,30H,6,10,13-14,17H2,1-5H3,(H,29,31)/t19-,21-,22-/m0/s1. The molecule has 2 rings (SSSR count). The first-order valence-electron chi connectivity index (χ1n) is 12.2. The van der Waals surface area contributed by atoms with Gasteiger partial charge in [0.25, 0.3) is 5.91 Å². The van der Waals surface area contributed by atoms with Gasteiger partial charge in [-0.1, -0.05) is 57.5 Å². The topological polar surface area (TPSA) is 107 Å². The summed E-state index contributed by atoms with van der Waals surface area (Å²) < 4.78 is 16.9. The van der Waals surface area contributed by atoms with Crippen LogP contribution in [-0.2, 0) is 20.7 Å². The van der Waals surface area contributed by atoms with Crippen LogP contribution in [-0.4, -0.2) is 53.9 Å². The van der Waals surface area contributed by atoms with Crippen LogP contribution in [0.2, 0.25) is 0 Å². The molecule has 0 saturated carbocycles. The van der Waals surface area contributed by atoms with Crippen LogP contribution >= 0.6 is 0 Å². The molecule has 0 aliphatic rings. The van der Waals surface area contributed by atoms with Crippen molar-refractivity contribution < 1.29 is 28.9 Å². The number of carbonyl (C=O) groups is 2. The van der Waals surface area contributed by atoms with Gasteiger partial charge in [0.05, 0.1) is 13.2 Å². The fraction of sp³-hybridized carbons (Fsp3) is 0.519. The number of carbonyl (C=O) groups excluding carboxylic acids is 2. The van der Waals surface area contributed by atoms with E-state index in [2.05, 4.69) is 36.3 Å². The average Bonchev–Trinajstić information content (AvgIpc) is 2.84. The molecule has 2 N–H and O–H groups in total. The summed E-state index contributed by atoms with van der Waals surface area (Å²) in [6, 6.07) is 10.6. The van der Waals surface area contributed by atoms with Gasteiger partial charge in [-0.25, -0.2) is 9.78 Å². The van der Waals surface area contributed by atoms with Crippen LogP contribution in [0.25, 0.3) is 0 Å². The number of hydrogen-bond donors (Lipinski definition) is 2. The summed E-state index contributed by atoms with van der Waals surface area (Å²) >= 11 is 0. The lowest BCUT2D eigenvalue weighted by atomic mass is 10.0. The average molecular weight is 487 g/mol. The van der Waals surface area contributed by atoms with Gasteiger partial charge < -0.3 is 24.6 Å². The summed E-state index contributed by atoms with van der Waals surface area (Å²) in [5.41, 5.74) is 0.971. The highest BCUT2D eigenvalue weighted by atomic mass is 16.6. The summed E-state index contributed by atoms with van der Waals surface area (Å²) in [7, 11) is 1.38. The largest absolute Gasteiger partial charge is 0.503 e. The van der Waals surface area contributed by atoms with Gasteiger partial charge in [-0.05, 0) is 37.7 Å². The number of aryl methyl sites for hydroxylation is 1. The van der Waals surface area contributed by atoms with Gasteiger partial charge in [0.2, 0.25) is 0 Å². The molecule has 0 fully saturated rings. The Morgan fingerprint density at radius 2 is 1.80 bits per heavy atom. The fourth-order valence-corrected chi connectivity index (χ4v) is 3.60. The number of nitrogens with one attached hydrogen (secondary N) is 1. The normalized spacial score (nSPS) is 13.7. The molecule has 3 atom stereocenters. The minimum Gasteiger partial charge on any atom is -0.503 e. The number of pyridine rings is 1. The van der Waals surface area contributed by atoms with Gasteiger partial charge in [0.15, 0.2) is 17.2 Å². The van der Waals surface area contributed by atoms with E-state index >= 15 is 0 Å². The Labute approximate surface area is 208 Å². The van der Waals surface area contributed by atoms with Crippen LogP contribution in [0.4, 0.5) is 0 Å². The smallest absolute Gasteiger partial charge is 0.329 e. The molecule has 0 saturated heterocycles. The summed E-state index contributed by atoms with van der Waals surface area (Å²) in [5, 5.41) is 12.9. The molecule has 2 aromatic rings. The molecule has 8 nitrogen and oxygen atoms in total. The quantitative estimate of drug-likeness (QED) is 0.383. The van der Waals surface area contributed by atoms with Gasteiger partial charge in [-0.3, -0.25) is 4.79 Å². The number of amides is 1. The molecule has 0 radical (unpaired) electrons. The van der Waals surface area contributed by atoms with Crippen LogP contribution in [0.3, 0.4) is 0 Å². The maximum atomic E-state index is 13.0. The Morgan fingerprint density at radius 1 is 1.09 bits per heavy atom. The second-order valence-corrected chi connectivity index (χ2v) is 8.96. The SMILES string of the molecule is CCC[C@H](NC(=O)c1nccc(OC)c1O)C(=O)O[C@@H](C)[C@H](CCc1ccccc1)OCC(C)C. The Bertz CT molecular complexity index is 935. The molecule has 8 heteroatoms. The van der Waals surface area contributed by atoms with Crippen LogP contribution in [0.1, 0.15) is 63.0 Å². The van der Waals surface area contributed by atoms with Crippen LogP contribution in [0.5, 0.6) is 11.5 Å². The number of benzene rings is 1. The first kappa shape index (κ1) is 28.1. The Morgan fingerprint density at radius 3 is 2.43 bits per heavy atom. The molecule has 35 heavy (non-hydrogen) atoms. The van der Waals surface area contributed by atoms with E-state index in [9.17, 15) is 14.7 Å². The summed E-state index contributed by atoms with van der Waals surface area (Å²) in [5.74, 6) is -1.15. The Kier molecular flexibility index (Phi) is 11.5. The number of ether oxygens (including phenoxy) is 3. The van der Waals surface area contributed by atoms with Crippen molar-refractivity contribution in [1.82, 2.24) is 10.3 Å². The van der Waals surface area contributed by atoms with Crippen molar-refractivity contribution in [2.24, 2.45) is 5.92 Å². The molecule has 1 heterocycles. The number of rotatable bonds is 14. The van der Waals surface area contributed by atoms with E-state index in [1.807, 2.05) is 32.0 Å². The zero-order chi connectivity index (χ0) is 25.8. The molecule has 0 spiro atoms. The number of methoxy groups -OCH3 is 1. The molecule has 1 aromatic carbocycles. The fourth-order valence-electron chi connectivity index (χ4n) is 3.60. The third-order valence-electron chi connectivity index (χ3n) is 5.52. The van der Waals surface area contributed by atoms with E-state index in [-0.39, 0.29) is 23.3 Å². The molecular weight excluding hydrogens is 448 g/mol. The number of aromatic nitrogens is 1. The lowest BCUT2D eigenvalue weighted by molar-refractivity contribution is -0.159. The van der Waals surface area contributed by atoms with Crippen molar-refractivity contribution in [3.05, 3.63) is 53.9 Å². The third kappa shape index (κ3) is 8.87. The maximum absolute atomic E-state index is 13.0. The number of aromatic hydroxyl groups is 1. The Hall–Kier alpha value is -3.13. The van der Waals surface area contributed by atoms with Crippen molar-refractivity contribution in [3.63, 3.8) is 0 Å². The van der Waals surface area contributed by atoms with Crippen molar-refractivity contribution >= 4 is 11.9 Å². The van der Waals surface area contributed by atoms with E-state index in [1.165, 1.54) is 24.9 Å². The molecule has 0 unspecified atom stereocenters. The first-order valence-corrected chi connectivity index (χ1v) is 12.2. The minimum absolute atomic E-state index is 0.122. The van der Waals surface area contributed by atoms with E-state index in [1.54, 1.807) is 0 Å². The lowest BCUT2D eigenvalue weighted by Crippen LogP contribution is -2.44. The highest BCUT2D eigenvalue weighted by molar-refractivity contribution is 5.97. The van der Waals surface area contributed by atoms with Gasteiger partial charge in [0.1, 0.15) is 12.1 Å². The van der Waals surface area contributed by atoms with Crippen molar-refractivity contribution in [2.45, 2.75) is 71.6 Å². The summed E-state index contributed by atoms with van der Waals surface area (Å²) in [6.45, 7) is 8.41. The van der Waals surface area contributed by atoms with Gasteiger partial charge >= 0.3 is 5.97 Å².